The Morgan fingerprint density at radius 3 is 2.65 bits per heavy atom. The van der Waals surface area contributed by atoms with Gasteiger partial charge in [0.05, 0.1) is 12.2 Å². The van der Waals surface area contributed by atoms with Crippen LogP contribution in [0.1, 0.15) is 17.3 Å². The zero-order chi connectivity index (χ0) is 15.1. The Balaban J connectivity index is 2.81. The summed E-state index contributed by atoms with van der Waals surface area (Å²) in [4.78, 5) is 24.6. The summed E-state index contributed by atoms with van der Waals surface area (Å²) in [6.45, 7) is 3.31. The van der Waals surface area contributed by atoms with E-state index in [1.54, 1.807) is 18.1 Å². The number of benzene rings is 1. The Morgan fingerprint density at radius 1 is 1.40 bits per heavy atom. The van der Waals surface area contributed by atoms with E-state index in [0.717, 1.165) is 0 Å². The lowest BCUT2D eigenvalue weighted by Crippen LogP contribution is -2.37. The van der Waals surface area contributed by atoms with Gasteiger partial charge in [0.2, 0.25) is 0 Å². The van der Waals surface area contributed by atoms with Crippen molar-refractivity contribution < 1.29 is 19.4 Å². The molecule has 0 aliphatic carbocycles. The molecule has 110 valence electrons. The predicted molar refractivity (Wildman–Crippen MR) is 79.2 cm³/mol. The molecule has 6 nitrogen and oxygen atoms in total. The molecule has 0 unspecified atom stereocenters. The quantitative estimate of drug-likeness (QED) is 0.831. The number of methoxy groups -OCH3 is 1. The van der Waals surface area contributed by atoms with E-state index >= 15 is 0 Å². The van der Waals surface area contributed by atoms with Gasteiger partial charge in [-0.1, -0.05) is 15.9 Å². The molecule has 0 saturated carbocycles. The summed E-state index contributed by atoms with van der Waals surface area (Å²) >= 11 is 3.22. The first-order chi connectivity index (χ1) is 9.47. The maximum atomic E-state index is 12.0. The fraction of sp³-hybridized carbons (Fsp3) is 0.385. The summed E-state index contributed by atoms with van der Waals surface area (Å²) in [5.41, 5.74) is 0.534. The third-order valence-electron chi connectivity index (χ3n) is 2.63. The predicted octanol–water partition coefficient (Wildman–Crippen LogP) is 2.65. The summed E-state index contributed by atoms with van der Waals surface area (Å²) < 4.78 is 5.53. The van der Waals surface area contributed by atoms with Gasteiger partial charge in [0.1, 0.15) is 0 Å². The molecule has 1 rings (SSSR count). The largest absolute Gasteiger partial charge is 0.478 e. The van der Waals surface area contributed by atoms with E-state index in [0.29, 0.717) is 29.9 Å². The van der Waals surface area contributed by atoms with Crippen LogP contribution in [0.2, 0.25) is 0 Å². The molecule has 0 bridgehead atoms. The summed E-state index contributed by atoms with van der Waals surface area (Å²) in [5.74, 6) is -1.05. The summed E-state index contributed by atoms with van der Waals surface area (Å²) in [5, 5.41) is 11.7. The van der Waals surface area contributed by atoms with Crippen LogP contribution in [0.4, 0.5) is 10.5 Å². The number of carboxylic acids is 1. The number of carboxylic acid groups (broad SMARTS) is 1. The Bertz CT molecular complexity index is 493. The van der Waals surface area contributed by atoms with E-state index in [1.165, 1.54) is 12.1 Å². The molecule has 0 aliphatic heterocycles. The third kappa shape index (κ3) is 4.82. The fourth-order valence-corrected chi connectivity index (χ4v) is 2.09. The summed E-state index contributed by atoms with van der Waals surface area (Å²) in [6.07, 6.45) is 0. The van der Waals surface area contributed by atoms with Crippen molar-refractivity contribution in [1.82, 2.24) is 4.90 Å². The number of hydrogen-bond acceptors (Lipinski definition) is 3. The van der Waals surface area contributed by atoms with Crippen molar-refractivity contribution in [3.63, 3.8) is 0 Å². The molecule has 2 amide bonds. The number of urea groups is 1. The Hall–Kier alpha value is -1.60. The van der Waals surface area contributed by atoms with E-state index in [-0.39, 0.29) is 11.6 Å². The van der Waals surface area contributed by atoms with Crippen molar-refractivity contribution in [1.29, 1.82) is 0 Å². The maximum absolute atomic E-state index is 12.0. The van der Waals surface area contributed by atoms with E-state index in [1.807, 2.05) is 6.92 Å². The second kappa shape index (κ2) is 7.86. The Kier molecular flexibility index (Phi) is 6.47. The highest BCUT2D eigenvalue weighted by Gasteiger charge is 2.13. The average Bonchev–Trinajstić information content (AvgIpc) is 2.38. The normalized spacial score (nSPS) is 10.2. The lowest BCUT2D eigenvalue weighted by molar-refractivity contribution is 0.0696. The molecule has 0 heterocycles. The number of amides is 2. The molecule has 0 saturated heterocycles. The molecule has 0 radical (unpaired) electrons. The van der Waals surface area contributed by atoms with Gasteiger partial charge >= 0.3 is 12.0 Å². The number of anilines is 1. The van der Waals surface area contributed by atoms with Crippen molar-refractivity contribution in [3.8, 4) is 0 Å². The summed E-state index contributed by atoms with van der Waals surface area (Å²) in [6, 6.07) is 4.24. The molecule has 1 aromatic carbocycles. The number of carbonyl (C=O) groups is 2. The van der Waals surface area contributed by atoms with Crippen molar-refractivity contribution in [3.05, 3.63) is 28.2 Å². The molecule has 7 heteroatoms. The van der Waals surface area contributed by atoms with Crippen LogP contribution >= 0.6 is 15.9 Å². The molecule has 0 aliphatic rings. The van der Waals surface area contributed by atoms with Gasteiger partial charge in [-0.25, -0.2) is 9.59 Å². The topological polar surface area (TPSA) is 78.9 Å². The molecule has 0 atom stereocenters. The fourth-order valence-electron chi connectivity index (χ4n) is 1.59. The lowest BCUT2D eigenvalue weighted by Gasteiger charge is -2.21. The summed E-state index contributed by atoms with van der Waals surface area (Å²) in [7, 11) is 1.57. The standard InChI is InChI=1S/C13H17BrN2O4/c1-3-16(4-5-20-2)13(19)15-11-7-9(12(17)18)6-10(14)8-11/h6-8H,3-5H2,1-2H3,(H,15,19)(H,17,18). The van der Waals surface area contributed by atoms with Crippen molar-refractivity contribution in [2.24, 2.45) is 0 Å². The minimum absolute atomic E-state index is 0.106. The van der Waals surface area contributed by atoms with Gasteiger partial charge in [-0.2, -0.15) is 0 Å². The zero-order valence-electron chi connectivity index (χ0n) is 11.4. The maximum Gasteiger partial charge on any atom is 0.335 e. The van der Waals surface area contributed by atoms with Crippen LogP contribution in [-0.2, 0) is 4.74 Å². The molecule has 0 aromatic heterocycles. The first-order valence-electron chi connectivity index (χ1n) is 6.06. The molecule has 1 aromatic rings. The second-order valence-electron chi connectivity index (χ2n) is 4.04. The number of hydrogen-bond donors (Lipinski definition) is 2. The number of nitrogens with zero attached hydrogens (tertiary/aromatic N) is 1. The average molecular weight is 345 g/mol. The highest BCUT2D eigenvalue weighted by Crippen LogP contribution is 2.20. The van der Waals surface area contributed by atoms with E-state index in [2.05, 4.69) is 21.2 Å². The molecular formula is C13H17BrN2O4. The number of rotatable bonds is 6. The van der Waals surface area contributed by atoms with Gasteiger partial charge < -0.3 is 20.1 Å². The number of halogens is 1. The van der Waals surface area contributed by atoms with Crippen LogP contribution in [0.25, 0.3) is 0 Å². The van der Waals surface area contributed by atoms with Gasteiger partial charge in [-0.15, -0.1) is 0 Å². The molecular weight excluding hydrogens is 328 g/mol. The van der Waals surface area contributed by atoms with Crippen molar-refractivity contribution in [2.75, 3.05) is 32.1 Å². The first kappa shape index (κ1) is 16.5. The number of nitrogens with one attached hydrogen (secondary N) is 1. The van der Waals surface area contributed by atoms with Gasteiger partial charge in [0.25, 0.3) is 0 Å². The highest BCUT2D eigenvalue weighted by molar-refractivity contribution is 9.10. The van der Waals surface area contributed by atoms with Gasteiger partial charge in [-0.3, -0.25) is 0 Å². The molecule has 0 spiro atoms. The Labute approximate surface area is 125 Å². The van der Waals surface area contributed by atoms with Crippen molar-refractivity contribution in [2.45, 2.75) is 6.92 Å². The first-order valence-corrected chi connectivity index (χ1v) is 6.86. The van der Waals surface area contributed by atoms with E-state index in [9.17, 15) is 9.59 Å². The van der Waals surface area contributed by atoms with Crippen LogP contribution < -0.4 is 5.32 Å². The van der Waals surface area contributed by atoms with E-state index in [4.69, 9.17) is 9.84 Å². The van der Waals surface area contributed by atoms with Crippen LogP contribution in [0.3, 0.4) is 0 Å². The number of ether oxygens (including phenoxy) is 1. The molecule has 2 N–H and O–H groups in total. The highest BCUT2D eigenvalue weighted by atomic mass is 79.9. The van der Waals surface area contributed by atoms with Crippen LogP contribution in [0.5, 0.6) is 0 Å². The van der Waals surface area contributed by atoms with Crippen molar-refractivity contribution >= 4 is 33.6 Å². The van der Waals surface area contributed by atoms with Crippen LogP contribution in [0, 0.1) is 0 Å². The minimum atomic E-state index is -1.05. The third-order valence-corrected chi connectivity index (χ3v) is 3.09. The second-order valence-corrected chi connectivity index (χ2v) is 4.95. The van der Waals surface area contributed by atoms with Crippen LogP contribution in [-0.4, -0.2) is 48.8 Å². The number of carbonyl (C=O) groups excluding carboxylic acids is 1. The number of likely N-dealkylation sites (N-methyl/N-ethyl adjacent to an activating group) is 1. The minimum Gasteiger partial charge on any atom is -0.478 e. The molecule has 20 heavy (non-hydrogen) atoms. The number of aromatic carboxylic acids is 1. The smallest absolute Gasteiger partial charge is 0.335 e. The Morgan fingerprint density at radius 2 is 2.10 bits per heavy atom. The zero-order valence-corrected chi connectivity index (χ0v) is 12.9. The SMILES string of the molecule is CCN(CCOC)C(=O)Nc1cc(Br)cc(C(=O)O)c1. The molecule has 0 fully saturated rings. The van der Waals surface area contributed by atoms with Gasteiger partial charge in [0.15, 0.2) is 0 Å². The van der Waals surface area contributed by atoms with Gasteiger partial charge in [0, 0.05) is 30.4 Å². The lowest BCUT2D eigenvalue weighted by atomic mass is 10.2. The van der Waals surface area contributed by atoms with Gasteiger partial charge in [-0.05, 0) is 25.1 Å². The van der Waals surface area contributed by atoms with E-state index < -0.39 is 5.97 Å². The monoisotopic (exact) mass is 344 g/mol. The van der Waals surface area contributed by atoms with Crippen LogP contribution in [0.15, 0.2) is 22.7 Å².